The lowest BCUT2D eigenvalue weighted by atomic mass is 10.0. The summed E-state index contributed by atoms with van der Waals surface area (Å²) in [6, 6.07) is 7.69. The van der Waals surface area contributed by atoms with Crippen LogP contribution in [-0.2, 0) is 0 Å². The molecule has 1 aromatic carbocycles. The van der Waals surface area contributed by atoms with Crippen LogP contribution in [0.15, 0.2) is 72.3 Å². The number of nitrogens with two attached hydrogens (primary N) is 1. The normalized spacial score (nSPS) is 23.1. The van der Waals surface area contributed by atoms with Gasteiger partial charge in [0.15, 0.2) is 5.82 Å². The van der Waals surface area contributed by atoms with Crippen molar-refractivity contribution in [1.29, 1.82) is 0 Å². The minimum Gasteiger partial charge on any atom is -0.404 e. The molecule has 0 unspecified atom stereocenters. The number of hydrogen-bond donors (Lipinski definition) is 4. The maximum absolute atomic E-state index is 10.7. The van der Waals surface area contributed by atoms with Gasteiger partial charge in [0.05, 0.1) is 18.2 Å². The highest BCUT2D eigenvalue weighted by Crippen LogP contribution is 2.30. The van der Waals surface area contributed by atoms with Crippen molar-refractivity contribution < 1.29 is 10.2 Å². The van der Waals surface area contributed by atoms with Crippen molar-refractivity contribution in [3.63, 3.8) is 0 Å². The highest BCUT2D eigenvalue weighted by Gasteiger charge is 2.29. The maximum Gasteiger partial charge on any atom is 0.161 e. The summed E-state index contributed by atoms with van der Waals surface area (Å²) in [7, 11) is 3.64. The van der Waals surface area contributed by atoms with Crippen LogP contribution in [0.25, 0.3) is 22.5 Å². The Hall–Kier alpha value is -3.75. The van der Waals surface area contributed by atoms with Crippen molar-refractivity contribution in [2.75, 3.05) is 19.4 Å². The van der Waals surface area contributed by atoms with Crippen LogP contribution < -0.4 is 11.1 Å². The highest BCUT2D eigenvalue weighted by atomic mass is 16.3. The van der Waals surface area contributed by atoms with Crippen LogP contribution in [0.2, 0.25) is 0 Å². The average Bonchev–Trinajstić information content (AvgIpc) is 3.05. The summed E-state index contributed by atoms with van der Waals surface area (Å²) in [5.74, 6) is 1.07. The van der Waals surface area contributed by atoms with E-state index < -0.39 is 12.2 Å². The number of benzene rings is 1. The predicted molar refractivity (Wildman–Crippen MR) is 146 cm³/mol. The first-order valence-corrected chi connectivity index (χ1v) is 12.2. The number of anilines is 1. The van der Waals surface area contributed by atoms with E-state index in [-0.39, 0.29) is 6.04 Å². The van der Waals surface area contributed by atoms with Crippen molar-refractivity contribution in [3.8, 4) is 11.4 Å². The largest absolute Gasteiger partial charge is 0.404 e. The fourth-order valence-electron chi connectivity index (χ4n) is 4.49. The summed E-state index contributed by atoms with van der Waals surface area (Å²) in [6.45, 7) is 4.02. The van der Waals surface area contributed by atoms with E-state index >= 15 is 0 Å². The van der Waals surface area contributed by atoms with Gasteiger partial charge >= 0.3 is 0 Å². The highest BCUT2D eigenvalue weighted by molar-refractivity contribution is 6.11. The van der Waals surface area contributed by atoms with Gasteiger partial charge in [-0.3, -0.25) is 4.99 Å². The molecule has 8 heteroatoms. The number of aliphatic hydroxyl groups excluding tert-OH is 2. The van der Waals surface area contributed by atoms with Crippen LogP contribution >= 0.6 is 0 Å². The van der Waals surface area contributed by atoms with Crippen LogP contribution in [0.3, 0.4) is 0 Å². The van der Waals surface area contributed by atoms with Crippen molar-refractivity contribution in [2.45, 2.75) is 43.9 Å². The number of aromatic nitrogens is 2. The Balaban J connectivity index is 1.73. The minimum absolute atomic E-state index is 0.353. The number of nitrogens with one attached hydrogen (secondary N) is 1. The molecule has 5 N–H and O–H groups in total. The Morgan fingerprint density at radius 3 is 2.75 bits per heavy atom. The molecule has 2 aromatic rings. The first kappa shape index (κ1) is 25.3. The van der Waals surface area contributed by atoms with Crippen molar-refractivity contribution in [3.05, 3.63) is 78.4 Å². The standard InChI is InChI=1S/C28H34N6O2/c1-18-11-12-21(17-34(18)3)19-7-6-8-20(13-19)27-31-16-23(22(14-29)15-30-2)28(33-27)32-24-9-4-5-10-25(35)26(24)36/h6-8,11-17,24-26,35-36H,1,4-5,9-10,29H2,2-3H3,(H,31,32,33)/t24-,25+,26-/m1/s1. The second kappa shape index (κ2) is 11.3. The van der Waals surface area contributed by atoms with Gasteiger partial charge in [-0.25, -0.2) is 9.97 Å². The molecule has 0 bridgehead atoms. The first-order valence-electron chi connectivity index (χ1n) is 12.2. The van der Waals surface area contributed by atoms with Crippen LogP contribution in [0, 0.1) is 0 Å². The Bertz CT molecular complexity index is 1230. The topological polar surface area (TPSA) is 120 Å². The molecule has 0 saturated heterocycles. The Kier molecular flexibility index (Phi) is 7.97. The molecule has 1 aliphatic carbocycles. The zero-order valence-electron chi connectivity index (χ0n) is 20.8. The molecular weight excluding hydrogens is 452 g/mol. The van der Waals surface area contributed by atoms with E-state index in [9.17, 15) is 10.2 Å². The molecular formula is C28H34N6O2. The van der Waals surface area contributed by atoms with Gasteiger partial charge in [-0.2, -0.15) is 0 Å². The molecule has 36 heavy (non-hydrogen) atoms. The Morgan fingerprint density at radius 1 is 1.22 bits per heavy atom. The third kappa shape index (κ3) is 5.56. The second-order valence-corrected chi connectivity index (χ2v) is 9.16. The van der Waals surface area contributed by atoms with Crippen molar-refractivity contribution >= 4 is 23.2 Å². The lowest BCUT2D eigenvalue weighted by Crippen LogP contribution is -2.41. The van der Waals surface area contributed by atoms with Crippen molar-refractivity contribution in [1.82, 2.24) is 14.9 Å². The predicted octanol–water partition coefficient (Wildman–Crippen LogP) is 3.58. The van der Waals surface area contributed by atoms with Gasteiger partial charge in [0.2, 0.25) is 0 Å². The molecule has 0 spiro atoms. The van der Waals surface area contributed by atoms with E-state index in [2.05, 4.69) is 21.9 Å². The molecule has 2 heterocycles. The minimum atomic E-state index is -0.899. The summed E-state index contributed by atoms with van der Waals surface area (Å²) in [5.41, 5.74) is 11.1. The number of nitrogens with zero attached hydrogens (tertiary/aromatic N) is 4. The van der Waals surface area contributed by atoms with E-state index in [1.807, 2.05) is 54.6 Å². The van der Waals surface area contributed by atoms with Gasteiger partial charge in [-0.1, -0.05) is 43.7 Å². The quantitative estimate of drug-likeness (QED) is 0.364. The fourth-order valence-corrected chi connectivity index (χ4v) is 4.49. The zero-order valence-corrected chi connectivity index (χ0v) is 20.8. The number of allylic oxidation sites excluding steroid dienone is 4. The third-order valence-corrected chi connectivity index (χ3v) is 6.64. The van der Waals surface area contributed by atoms with Gasteiger partial charge in [-0.15, -0.1) is 0 Å². The molecule has 2 aliphatic rings. The fraction of sp³-hybridized carbons (Fsp3) is 0.321. The van der Waals surface area contributed by atoms with E-state index in [4.69, 9.17) is 10.7 Å². The van der Waals surface area contributed by atoms with Crippen molar-refractivity contribution in [2.24, 2.45) is 10.7 Å². The van der Waals surface area contributed by atoms with Crippen LogP contribution in [-0.4, -0.2) is 63.6 Å². The lowest BCUT2D eigenvalue weighted by Gasteiger charge is -2.26. The summed E-state index contributed by atoms with van der Waals surface area (Å²) in [6.07, 6.45) is 12.3. The number of aliphatic imine (C=N–C) groups is 1. The molecule has 0 radical (unpaired) electrons. The van der Waals surface area contributed by atoms with E-state index in [0.717, 1.165) is 41.7 Å². The Morgan fingerprint density at radius 2 is 2.00 bits per heavy atom. The van der Waals surface area contributed by atoms with Crippen LogP contribution in [0.1, 0.15) is 36.8 Å². The molecule has 8 nitrogen and oxygen atoms in total. The lowest BCUT2D eigenvalue weighted by molar-refractivity contribution is 0.00946. The maximum atomic E-state index is 10.7. The van der Waals surface area contributed by atoms with E-state index in [1.165, 1.54) is 6.20 Å². The second-order valence-electron chi connectivity index (χ2n) is 9.16. The van der Waals surface area contributed by atoms with Gasteiger partial charge in [0.1, 0.15) is 5.82 Å². The number of rotatable bonds is 6. The average molecular weight is 487 g/mol. The number of aliphatic hydroxyl groups is 2. The van der Waals surface area contributed by atoms with Gasteiger partial charge < -0.3 is 26.2 Å². The third-order valence-electron chi connectivity index (χ3n) is 6.64. The summed E-state index contributed by atoms with van der Waals surface area (Å²) in [4.78, 5) is 15.6. The van der Waals surface area contributed by atoms with E-state index in [1.54, 1.807) is 19.5 Å². The summed E-state index contributed by atoms with van der Waals surface area (Å²) < 4.78 is 0. The summed E-state index contributed by atoms with van der Waals surface area (Å²) >= 11 is 0. The zero-order chi connectivity index (χ0) is 25.7. The smallest absolute Gasteiger partial charge is 0.161 e. The molecule has 0 amide bonds. The van der Waals surface area contributed by atoms with Crippen LogP contribution in [0.4, 0.5) is 5.82 Å². The van der Waals surface area contributed by atoms with Gasteiger partial charge in [-0.05, 0) is 36.1 Å². The SMILES string of the molecule is C=C1C=CC(c2cccc(-c3ncc(C(C=NC)=CN)c(N[C@@H]4CCCC[C@H](O)[C@@H]4O)n3)c2)=CN1C. The molecule has 1 aromatic heterocycles. The molecule has 1 saturated carbocycles. The Labute approximate surface area is 212 Å². The number of likely N-dealkylation sites (N-methyl/N-ethyl adjacent to an activating group) is 1. The molecule has 1 aliphatic heterocycles. The molecule has 188 valence electrons. The molecule has 3 atom stereocenters. The molecule has 4 rings (SSSR count). The monoisotopic (exact) mass is 486 g/mol. The van der Waals surface area contributed by atoms with Crippen LogP contribution in [0.5, 0.6) is 0 Å². The summed E-state index contributed by atoms with van der Waals surface area (Å²) in [5, 5.41) is 24.5. The van der Waals surface area contributed by atoms with E-state index in [0.29, 0.717) is 29.2 Å². The van der Waals surface area contributed by atoms with Gasteiger partial charge in [0.25, 0.3) is 0 Å². The van der Waals surface area contributed by atoms with Gasteiger partial charge in [0, 0.05) is 61.3 Å². The first-order chi connectivity index (χ1) is 17.4. The number of hydrogen-bond acceptors (Lipinski definition) is 8. The molecule has 1 fully saturated rings.